The zero-order chi connectivity index (χ0) is 32.0. The molecule has 1 fully saturated rings. The Kier molecular flexibility index (Phi) is 6.14. The van der Waals surface area contributed by atoms with Gasteiger partial charge in [0, 0.05) is 33.7 Å². The number of nitrogens with zero attached hydrogens (tertiary/aromatic N) is 6. The Balaban J connectivity index is 1.88. The molecule has 2 aliphatic heterocycles. The van der Waals surface area contributed by atoms with Gasteiger partial charge in [0.05, 0.1) is 33.6 Å². The van der Waals surface area contributed by atoms with Gasteiger partial charge in [-0.25, -0.2) is 20.0 Å². The van der Waals surface area contributed by atoms with Crippen molar-refractivity contribution in [3.8, 4) is 0 Å². The first-order chi connectivity index (χ1) is 18.6. The van der Waals surface area contributed by atoms with Crippen LogP contribution in [-0.4, -0.2) is 66.4 Å². The van der Waals surface area contributed by atoms with Gasteiger partial charge in [-0.05, 0) is 123 Å². The molecule has 2 heterocycles. The number of fused-ring (bicyclic) bond motifs is 1. The average molecular weight is 575 g/mol. The molecular weight excluding hydrogens is 516 g/mol. The SMILES string of the molecule is CC1=CC2(C)C(C3C(C)=CC2(C)C2=NC(=NC(C)(C)C)N(C(C)(C)C)[C@]23C)[C@@]2(C)C1=NC(=NC(C)(C)C)N2C(C)(C)C. The second-order valence-corrected chi connectivity index (χ2v) is 18.5. The third-order valence-electron chi connectivity index (χ3n) is 10.6. The van der Waals surface area contributed by atoms with Crippen molar-refractivity contribution in [2.45, 2.75) is 158 Å². The first-order valence-corrected chi connectivity index (χ1v) is 16.0. The minimum absolute atomic E-state index is 0.176. The van der Waals surface area contributed by atoms with Crippen molar-refractivity contribution >= 4 is 23.3 Å². The van der Waals surface area contributed by atoms with E-state index in [0.29, 0.717) is 0 Å². The fraction of sp³-hybridized carbons (Fsp3) is 0.778. The summed E-state index contributed by atoms with van der Waals surface area (Å²) in [6, 6.07) is 0. The van der Waals surface area contributed by atoms with E-state index in [1.54, 1.807) is 0 Å². The zero-order valence-electron chi connectivity index (χ0n) is 30.0. The minimum Gasteiger partial charge on any atom is -0.325 e. The Morgan fingerprint density at radius 1 is 0.667 bits per heavy atom. The fourth-order valence-electron chi connectivity index (χ4n) is 9.99. The highest BCUT2D eigenvalue weighted by molar-refractivity contribution is 6.20. The summed E-state index contributed by atoms with van der Waals surface area (Å²) in [5, 5.41) is 0. The molecule has 6 nitrogen and oxygen atoms in total. The summed E-state index contributed by atoms with van der Waals surface area (Å²) in [6.07, 6.45) is 5.11. The maximum absolute atomic E-state index is 5.56. The van der Waals surface area contributed by atoms with E-state index in [1.807, 2.05) is 0 Å². The third kappa shape index (κ3) is 3.87. The molecule has 0 amide bonds. The van der Waals surface area contributed by atoms with Crippen LogP contribution in [0.4, 0.5) is 0 Å². The lowest BCUT2D eigenvalue weighted by molar-refractivity contribution is -0.0756. The highest BCUT2D eigenvalue weighted by Gasteiger charge is 2.77. The monoisotopic (exact) mass is 574 g/mol. The molecular formula is C36H58N6. The van der Waals surface area contributed by atoms with Crippen molar-refractivity contribution in [3.63, 3.8) is 0 Å². The van der Waals surface area contributed by atoms with Gasteiger partial charge in [0.1, 0.15) is 0 Å². The molecule has 4 aliphatic carbocycles. The van der Waals surface area contributed by atoms with Crippen molar-refractivity contribution < 1.29 is 0 Å². The van der Waals surface area contributed by atoms with E-state index in [0.717, 1.165) is 11.9 Å². The predicted molar refractivity (Wildman–Crippen MR) is 180 cm³/mol. The van der Waals surface area contributed by atoms with Crippen LogP contribution in [-0.2, 0) is 0 Å². The molecule has 6 atom stereocenters. The van der Waals surface area contributed by atoms with Crippen LogP contribution in [0.5, 0.6) is 0 Å². The van der Waals surface area contributed by atoms with Crippen molar-refractivity contribution in [3.05, 3.63) is 23.3 Å². The minimum atomic E-state index is -0.362. The van der Waals surface area contributed by atoms with Gasteiger partial charge >= 0.3 is 0 Å². The van der Waals surface area contributed by atoms with E-state index >= 15 is 0 Å². The van der Waals surface area contributed by atoms with E-state index < -0.39 is 0 Å². The summed E-state index contributed by atoms with van der Waals surface area (Å²) in [5.74, 6) is 2.18. The Morgan fingerprint density at radius 2 is 1.12 bits per heavy atom. The normalized spacial score (nSPS) is 40.1. The molecule has 6 heteroatoms. The van der Waals surface area contributed by atoms with Gasteiger partial charge in [0.15, 0.2) is 0 Å². The summed E-state index contributed by atoms with van der Waals surface area (Å²) in [6.45, 7) is 41.5. The Labute approximate surface area is 256 Å². The summed E-state index contributed by atoms with van der Waals surface area (Å²) >= 11 is 0. The second kappa shape index (κ2) is 8.27. The molecule has 0 aromatic carbocycles. The topological polar surface area (TPSA) is 55.9 Å². The number of hydrogen-bond acceptors (Lipinski definition) is 2. The van der Waals surface area contributed by atoms with Gasteiger partial charge in [-0.2, -0.15) is 0 Å². The van der Waals surface area contributed by atoms with Gasteiger partial charge in [-0.1, -0.05) is 24.6 Å². The van der Waals surface area contributed by atoms with E-state index in [4.69, 9.17) is 20.0 Å². The van der Waals surface area contributed by atoms with Gasteiger partial charge in [0.25, 0.3) is 0 Å². The van der Waals surface area contributed by atoms with Crippen LogP contribution in [0.2, 0.25) is 0 Å². The van der Waals surface area contributed by atoms with Crippen LogP contribution in [0.15, 0.2) is 43.3 Å². The fourth-order valence-corrected chi connectivity index (χ4v) is 9.99. The number of hydrogen-bond donors (Lipinski definition) is 0. The Bertz CT molecular complexity index is 1410. The first kappa shape index (κ1) is 31.2. The largest absolute Gasteiger partial charge is 0.325 e. The van der Waals surface area contributed by atoms with Gasteiger partial charge in [-0.15, -0.1) is 0 Å². The van der Waals surface area contributed by atoms with Crippen LogP contribution in [0.1, 0.15) is 125 Å². The quantitative estimate of drug-likeness (QED) is 0.275. The summed E-state index contributed by atoms with van der Waals surface area (Å²) in [4.78, 5) is 26.7. The third-order valence-corrected chi connectivity index (χ3v) is 10.6. The Morgan fingerprint density at radius 3 is 1.57 bits per heavy atom. The Hall–Kier alpha value is -2.24. The molecule has 0 radical (unpaired) electrons. The lowest BCUT2D eigenvalue weighted by Gasteiger charge is -2.72. The molecule has 0 aromatic rings. The number of guanidine groups is 2. The van der Waals surface area contributed by atoms with Crippen LogP contribution >= 0.6 is 0 Å². The van der Waals surface area contributed by atoms with Crippen molar-refractivity contribution in [1.82, 2.24) is 9.80 Å². The van der Waals surface area contributed by atoms with E-state index in [2.05, 4.69) is 147 Å². The molecule has 232 valence electrons. The molecule has 4 unspecified atom stereocenters. The number of allylic oxidation sites excluding steroid dienone is 2. The highest BCUT2D eigenvalue weighted by atomic mass is 15.4. The lowest BCUT2D eigenvalue weighted by Crippen LogP contribution is -2.80. The van der Waals surface area contributed by atoms with E-state index in [9.17, 15) is 0 Å². The molecule has 0 saturated heterocycles. The molecule has 0 spiro atoms. The van der Waals surface area contributed by atoms with E-state index in [1.165, 1.54) is 22.6 Å². The molecule has 42 heavy (non-hydrogen) atoms. The van der Waals surface area contributed by atoms with Crippen LogP contribution in [0.3, 0.4) is 0 Å². The smallest absolute Gasteiger partial charge is 0.222 e. The van der Waals surface area contributed by atoms with Crippen molar-refractivity contribution in [2.75, 3.05) is 0 Å². The average Bonchev–Trinajstić information content (AvgIpc) is 3.19. The molecule has 2 bridgehead atoms. The van der Waals surface area contributed by atoms with Gasteiger partial charge < -0.3 is 9.80 Å². The van der Waals surface area contributed by atoms with Crippen LogP contribution in [0, 0.1) is 22.7 Å². The standard InChI is InChI=1S/C36H58N6/c1-21-19-34(16)26-35(17,41(31(9,10)11)28(38-26)40-30(6,7)8)23(21)24-33(34,15)20-22(2)25-36(24,18)42(32(12,13)14)27(37-25)39-29(3,4)5/h19-20,23-24H,1-18H3/t23?,24?,33?,34?,35-,36-/m0/s1. The predicted octanol–water partition coefficient (Wildman–Crippen LogP) is 8.10. The summed E-state index contributed by atoms with van der Waals surface area (Å²) < 4.78 is 0. The van der Waals surface area contributed by atoms with Crippen molar-refractivity contribution in [2.24, 2.45) is 42.6 Å². The summed E-state index contributed by atoms with van der Waals surface area (Å²) in [7, 11) is 0. The van der Waals surface area contributed by atoms with Gasteiger partial charge in [-0.3, -0.25) is 0 Å². The van der Waals surface area contributed by atoms with Crippen molar-refractivity contribution in [1.29, 1.82) is 0 Å². The van der Waals surface area contributed by atoms with Gasteiger partial charge in [0.2, 0.25) is 11.9 Å². The molecule has 0 N–H and O–H groups in total. The molecule has 1 saturated carbocycles. The molecule has 6 aliphatic rings. The van der Waals surface area contributed by atoms with Crippen LogP contribution < -0.4 is 0 Å². The summed E-state index contributed by atoms with van der Waals surface area (Å²) in [5.41, 5.74) is 3.15. The highest BCUT2D eigenvalue weighted by Crippen LogP contribution is 2.72. The van der Waals surface area contributed by atoms with Crippen LogP contribution in [0.25, 0.3) is 0 Å². The first-order valence-electron chi connectivity index (χ1n) is 16.0. The second-order valence-electron chi connectivity index (χ2n) is 18.5. The zero-order valence-corrected chi connectivity index (χ0v) is 30.0. The molecule has 0 aromatic heterocycles. The number of aliphatic imine (C=N–C) groups is 4. The maximum Gasteiger partial charge on any atom is 0.222 e. The number of rotatable bonds is 0. The maximum atomic E-state index is 5.56. The van der Waals surface area contributed by atoms with E-state index in [-0.39, 0.29) is 55.9 Å². The molecule has 6 rings (SSSR count). The lowest BCUT2D eigenvalue weighted by atomic mass is 9.35.